The molecule has 0 saturated heterocycles. The molecule has 7 nitrogen and oxygen atoms in total. The first-order valence-electron chi connectivity index (χ1n) is 7.12. The molecule has 1 heterocycles. The third-order valence-corrected chi connectivity index (χ3v) is 5.36. The number of rotatable bonds is 10. The Morgan fingerprint density at radius 2 is 1.57 bits per heavy atom. The Bertz CT molecular complexity index is 439. The number of aromatic amines is 1. The Morgan fingerprint density at radius 1 is 1.00 bits per heavy atom. The summed E-state index contributed by atoms with van der Waals surface area (Å²) in [6, 6.07) is 0. The lowest BCUT2D eigenvalue weighted by Gasteiger charge is -2.07. The highest BCUT2D eigenvalue weighted by molar-refractivity contribution is 7.98. The molecule has 0 spiro atoms. The summed E-state index contributed by atoms with van der Waals surface area (Å²) in [5.74, 6) is 3.66. The second kappa shape index (κ2) is 12.6. The summed E-state index contributed by atoms with van der Waals surface area (Å²) in [6.07, 6.45) is 0. The normalized spacial score (nSPS) is 10.2. The van der Waals surface area contributed by atoms with Gasteiger partial charge in [-0.2, -0.15) is 23.5 Å². The molecule has 0 atom stereocenters. The van der Waals surface area contributed by atoms with Crippen LogP contribution in [-0.2, 0) is 11.5 Å². The van der Waals surface area contributed by atoms with E-state index in [-0.39, 0.29) is 0 Å². The van der Waals surface area contributed by atoms with Gasteiger partial charge in [0, 0.05) is 50.2 Å². The minimum Gasteiger partial charge on any atom is -0.366 e. The van der Waals surface area contributed by atoms with Crippen molar-refractivity contribution in [1.29, 1.82) is 0 Å². The monoisotopic (exact) mass is 393 g/mol. The van der Waals surface area contributed by atoms with E-state index in [1.165, 1.54) is 0 Å². The van der Waals surface area contributed by atoms with Gasteiger partial charge in [0.15, 0.2) is 10.2 Å². The first kappa shape index (κ1) is 20.3. The molecule has 11 heteroatoms. The maximum Gasteiger partial charge on any atom is 0.166 e. The number of hydrogen-bond acceptors (Lipinski definition) is 6. The number of thiocarbonyl (C=S) groups is 2. The Balaban J connectivity index is 2.15. The van der Waals surface area contributed by atoms with Crippen LogP contribution >= 0.6 is 48.0 Å². The fourth-order valence-corrected chi connectivity index (χ4v) is 3.34. The molecule has 0 aliphatic heterocycles. The van der Waals surface area contributed by atoms with Crippen molar-refractivity contribution < 1.29 is 0 Å². The number of nitrogens with zero attached hydrogens (tertiary/aromatic N) is 2. The second-order valence-electron chi connectivity index (χ2n) is 4.35. The highest BCUT2D eigenvalue weighted by Crippen LogP contribution is 2.16. The lowest BCUT2D eigenvalue weighted by Crippen LogP contribution is -2.33. The van der Waals surface area contributed by atoms with Crippen molar-refractivity contribution in [3.8, 4) is 0 Å². The second-order valence-corrected chi connectivity index (χ2v) is 7.38. The highest BCUT2D eigenvalue weighted by Gasteiger charge is 2.07. The van der Waals surface area contributed by atoms with Crippen LogP contribution < -0.4 is 21.3 Å². The molecule has 23 heavy (non-hydrogen) atoms. The molecule has 0 aliphatic carbocycles. The molecule has 0 fully saturated rings. The first-order valence-corrected chi connectivity index (χ1v) is 10.3. The van der Waals surface area contributed by atoms with E-state index in [4.69, 9.17) is 24.4 Å². The summed E-state index contributed by atoms with van der Waals surface area (Å²) in [5.41, 5.74) is 2.12. The van der Waals surface area contributed by atoms with Gasteiger partial charge in [0.05, 0.1) is 11.4 Å². The van der Waals surface area contributed by atoms with Gasteiger partial charge in [-0.05, 0) is 24.4 Å². The standard InChI is InChI=1S/C12H23N7S4/c1-13-11(20)15-3-5-22-7-9-10(18-19-17-9)8-23-6-4-16-12(21)14-2/h3-8H2,1-2H3,(H2,13,15,20)(H2,14,16,21)(H,17,18,19). The van der Waals surface area contributed by atoms with Gasteiger partial charge < -0.3 is 21.3 Å². The van der Waals surface area contributed by atoms with Crippen LogP contribution in [0.2, 0.25) is 0 Å². The SMILES string of the molecule is CNC(=S)NCCSCc1nn[nH]c1CSCCNC(=S)NC. The minimum atomic E-state index is 0.676. The average Bonchev–Trinajstić information content (AvgIpc) is 3.01. The molecule has 0 amide bonds. The molecule has 0 aliphatic rings. The summed E-state index contributed by atoms with van der Waals surface area (Å²) < 4.78 is 0. The fraction of sp³-hybridized carbons (Fsp3) is 0.667. The van der Waals surface area contributed by atoms with E-state index >= 15 is 0 Å². The van der Waals surface area contributed by atoms with Gasteiger partial charge in [0.1, 0.15) is 0 Å². The molecule has 0 bridgehead atoms. The first-order chi connectivity index (χ1) is 11.2. The summed E-state index contributed by atoms with van der Waals surface area (Å²) >= 11 is 13.7. The van der Waals surface area contributed by atoms with Gasteiger partial charge in [0.2, 0.25) is 0 Å². The highest BCUT2D eigenvalue weighted by atomic mass is 32.2. The Labute approximate surface area is 156 Å². The lowest BCUT2D eigenvalue weighted by molar-refractivity contribution is 0.916. The number of aromatic nitrogens is 3. The van der Waals surface area contributed by atoms with Crippen molar-refractivity contribution in [3.05, 3.63) is 11.4 Å². The van der Waals surface area contributed by atoms with E-state index in [1.54, 1.807) is 0 Å². The molecular weight excluding hydrogens is 370 g/mol. The summed E-state index contributed by atoms with van der Waals surface area (Å²) in [7, 11) is 3.62. The number of nitrogens with one attached hydrogen (secondary N) is 5. The molecule has 1 aromatic rings. The molecule has 1 rings (SSSR count). The molecule has 0 aromatic carbocycles. The van der Waals surface area contributed by atoms with Crippen LogP contribution in [0.5, 0.6) is 0 Å². The van der Waals surface area contributed by atoms with Crippen LogP contribution in [0.1, 0.15) is 11.4 Å². The van der Waals surface area contributed by atoms with E-state index < -0.39 is 0 Å². The number of thioether (sulfide) groups is 2. The summed E-state index contributed by atoms with van der Waals surface area (Å²) in [5, 5.41) is 24.4. The van der Waals surface area contributed by atoms with Gasteiger partial charge in [0.25, 0.3) is 0 Å². The zero-order valence-electron chi connectivity index (χ0n) is 13.3. The topological polar surface area (TPSA) is 89.7 Å². The van der Waals surface area contributed by atoms with Crippen molar-refractivity contribution in [3.63, 3.8) is 0 Å². The van der Waals surface area contributed by atoms with Crippen LogP contribution in [-0.4, -0.2) is 64.3 Å². The maximum atomic E-state index is 5.02. The predicted octanol–water partition coefficient (Wildman–Crippen LogP) is 0.459. The summed E-state index contributed by atoms with van der Waals surface area (Å²) in [6.45, 7) is 1.68. The van der Waals surface area contributed by atoms with Crippen LogP contribution in [0.4, 0.5) is 0 Å². The quantitative estimate of drug-likeness (QED) is 0.285. The van der Waals surface area contributed by atoms with Gasteiger partial charge in [-0.15, -0.1) is 5.10 Å². The molecule has 1 aromatic heterocycles. The van der Waals surface area contributed by atoms with Crippen molar-refractivity contribution >= 4 is 58.2 Å². The number of H-pyrrole nitrogens is 1. The van der Waals surface area contributed by atoms with Crippen LogP contribution in [0.15, 0.2) is 0 Å². The van der Waals surface area contributed by atoms with Crippen molar-refractivity contribution in [2.45, 2.75) is 11.5 Å². The van der Waals surface area contributed by atoms with Crippen molar-refractivity contribution in [2.24, 2.45) is 0 Å². The third-order valence-electron chi connectivity index (χ3n) is 2.71. The number of hydrogen-bond donors (Lipinski definition) is 5. The largest absolute Gasteiger partial charge is 0.366 e. The van der Waals surface area contributed by atoms with E-state index in [0.717, 1.165) is 47.5 Å². The molecular formula is C12H23N7S4. The van der Waals surface area contributed by atoms with Gasteiger partial charge in [-0.1, -0.05) is 5.21 Å². The molecule has 0 unspecified atom stereocenters. The van der Waals surface area contributed by atoms with Crippen LogP contribution in [0, 0.1) is 0 Å². The zero-order valence-corrected chi connectivity index (χ0v) is 16.5. The fourth-order valence-electron chi connectivity index (χ4n) is 1.50. The molecule has 130 valence electrons. The molecule has 0 saturated carbocycles. The Hall–Kier alpha value is -0.780. The lowest BCUT2D eigenvalue weighted by atomic mass is 10.4. The summed E-state index contributed by atoms with van der Waals surface area (Å²) in [4.78, 5) is 0. The van der Waals surface area contributed by atoms with E-state index in [2.05, 4.69) is 36.7 Å². The molecule has 0 radical (unpaired) electrons. The van der Waals surface area contributed by atoms with E-state index in [9.17, 15) is 0 Å². The van der Waals surface area contributed by atoms with E-state index in [1.807, 2.05) is 37.6 Å². The van der Waals surface area contributed by atoms with E-state index in [0.29, 0.717) is 10.2 Å². The Morgan fingerprint density at radius 3 is 2.13 bits per heavy atom. The maximum absolute atomic E-state index is 5.02. The minimum absolute atomic E-state index is 0.676. The van der Waals surface area contributed by atoms with Gasteiger partial charge in [-0.25, -0.2) is 0 Å². The van der Waals surface area contributed by atoms with Crippen molar-refractivity contribution in [1.82, 2.24) is 36.7 Å². The Kier molecular flexibility index (Phi) is 11.1. The van der Waals surface area contributed by atoms with Crippen LogP contribution in [0.3, 0.4) is 0 Å². The van der Waals surface area contributed by atoms with Crippen molar-refractivity contribution in [2.75, 3.05) is 38.7 Å². The zero-order chi connectivity index (χ0) is 16.9. The van der Waals surface area contributed by atoms with Crippen LogP contribution in [0.25, 0.3) is 0 Å². The van der Waals surface area contributed by atoms with Gasteiger partial charge in [-0.3, -0.25) is 5.10 Å². The molecule has 5 N–H and O–H groups in total. The predicted molar refractivity (Wildman–Crippen MR) is 108 cm³/mol. The average molecular weight is 394 g/mol. The van der Waals surface area contributed by atoms with Gasteiger partial charge >= 0.3 is 0 Å². The smallest absolute Gasteiger partial charge is 0.166 e. The third kappa shape index (κ3) is 9.18.